The van der Waals surface area contributed by atoms with Crippen LogP contribution in [-0.4, -0.2) is 60.4 Å². The van der Waals surface area contributed by atoms with Crippen molar-refractivity contribution in [3.05, 3.63) is 11.6 Å². The lowest BCUT2D eigenvalue weighted by Crippen LogP contribution is -2.62. The standard InChI is InChI=1S/C11H11NO9S/c1-11(3-21-4-13)7(10(17)18)12-8(16)5(2-6(14)15)9(12)22(11,19)20/h2,4,7,9H,3H2,1H3,(H,14,15)(H,17,18)/p-2/b5-2-/t7-,9?,11-/m0/s1. The van der Waals surface area contributed by atoms with E-state index in [0.29, 0.717) is 11.0 Å². The van der Waals surface area contributed by atoms with Gasteiger partial charge in [0.05, 0.1) is 23.6 Å². The van der Waals surface area contributed by atoms with Crippen molar-refractivity contribution >= 4 is 34.2 Å². The number of hydrogen-bond acceptors (Lipinski definition) is 9. The fourth-order valence-electron chi connectivity index (χ4n) is 2.70. The van der Waals surface area contributed by atoms with Gasteiger partial charge >= 0.3 is 0 Å². The van der Waals surface area contributed by atoms with Crippen molar-refractivity contribution in [3.63, 3.8) is 0 Å². The van der Waals surface area contributed by atoms with E-state index in [-0.39, 0.29) is 6.47 Å². The Bertz CT molecular complexity index is 709. The lowest BCUT2D eigenvalue weighted by Gasteiger charge is -2.40. The van der Waals surface area contributed by atoms with Crippen LogP contribution in [-0.2, 0) is 33.8 Å². The summed E-state index contributed by atoms with van der Waals surface area (Å²) in [5.41, 5.74) is -0.610. The highest BCUT2D eigenvalue weighted by Crippen LogP contribution is 2.48. The quantitative estimate of drug-likeness (QED) is 0.274. The SMILES string of the molecule is C[C@]1(COC=O)[C@H](C(=O)[O-])N2C(=O)/C(=C/C(=O)[O-])C2S1(=O)=O. The molecule has 0 aromatic heterocycles. The van der Waals surface area contributed by atoms with E-state index in [1.807, 2.05) is 0 Å². The summed E-state index contributed by atoms with van der Waals surface area (Å²) in [6.07, 6.45) is 0.305. The lowest BCUT2D eigenvalue weighted by molar-refractivity contribution is -0.312. The summed E-state index contributed by atoms with van der Waals surface area (Å²) < 4.78 is 27.2. The van der Waals surface area contributed by atoms with E-state index < -0.39 is 56.0 Å². The zero-order valence-electron chi connectivity index (χ0n) is 11.0. The number of sulfone groups is 1. The van der Waals surface area contributed by atoms with Gasteiger partial charge in [0, 0.05) is 0 Å². The number of fused-ring (bicyclic) bond motifs is 1. The van der Waals surface area contributed by atoms with Gasteiger partial charge in [-0.15, -0.1) is 0 Å². The summed E-state index contributed by atoms with van der Waals surface area (Å²) in [6.45, 7) is 0.0906. The van der Waals surface area contributed by atoms with Crippen molar-refractivity contribution in [3.8, 4) is 0 Å². The summed E-state index contributed by atoms with van der Waals surface area (Å²) in [4.78, 5) is 44.4. The van der Waals surface area contributed by atoms with Crippen molar-refractivity contribution in [2.75, 3.05) is 6.61 Å². The van der Waals surface area contributed by atoms with E-state index in [2.05, 4.69) is 4.74 Å². The molecular weight excluding hydrogens is 322 g/mol. The molecule has 0 aliphatic carbocycles. The van der Waals surface area contributed by atoms with Gasteiger partial charge in [0.25, 0.3) is 12.4 Å². The third kappa shape index (κ3) is 1.81. The first-order valence-electron chi connectivity index (χ1n) is 5.84. The molecule has 0 radical (unpaired) electrons. The highest BCUT2D eigenvalue weighted by Gasteiger charge is 2.70. The Hall–Kier alpha value is -2.43. The van der Waals surface area contributed by atoms with E-state index in [9.17, 15) is 37.8 Å². The molecule has 120 valence electrons. The molecule has 22 heavy (non-hydrogen) atoms. The minimum absolute atomic E-state index is 0.0671. The molecule has 1 unspecified atom stereocenters. The number of hydrogen-bond donors (Lipinski definition) is 0. The van der Waals surface area contributed by atoms with Crippen molar-refractivity contribution in [1.82, 2.24) is 4.90 Å². The second-order valence-corrected chi connectivity index (χ2v) is 7.44. The Morgan fingerprint density at radius 1 is 1.41 bits per heavy atom. The van der Waals surface area contributed by atoms with Crippen LogP contribution in [0.4, 0.5) is 0 Å². The van der Waals surface area contributed by atoms with E-state index >= 15 is 0 Å². The van der Waals surface area contributed by atoms with Crippen LogP contribution in [0.15, 0.2) is 11.6 Å². The van der Waals surface area contributed by atoms with Crippen molar-refractivity contribution in [1.29, 1.82) is 0 Å². The van der Waals surface area contributed by atoms with Crippen LogP contribution in [0.2, 0.25) is 0 Å². The number of carboxylic acids is 2. The van der Waals surface area contributed by atoms with E-state index in [0.717, 1.165) is 6.92 Å². The molecule has 1 amide bonds. The third-order valence-electron chi connectivity index (χ3n) is 3.74. The van der Waals surface area contributed by atoms with Gasteiger partial charge in [-0.3, -0.25) is 9.59 Å². The smallest absolute Gasteiger partial charge is 0.293 e. The minimum Gasteiger partial charge on any atom is -0.548 e. The van der Waals surface area contributed by atoms with Gasteiger partial charge in [-0.1, -0.05) is 0 Å². The zero-order valence-corrected chi connectivity index (χ0v) is 11.9. The molecular formula is C11H9NO9S-2. The van der Waals surface area contributed by atoms with Gasteiger partial charge in [-0.2, -0.15) is 0 Å². The van der Waals surface area contributed by atoms with Crippen LogP contribution >= 0.6 is 0 Å². The first-order chi connectivity index (χ1) is 10.1. The van der Waals surface area contributed by atoms with Gasteiger partial charge in [0.2, 0.25) is 0 Å². The zero-order chi connectivity index (χ0) is 16.9. The highest BCUT2D eigenvalue weighted by molar-refractivity contribution is 7.94. The number of ether oxygens (including phenoxy) is 1. The summed E-state index contributed by atoms with van der Waals surface area (Å²) in [7, 11) is -4.38. The molecule has 0 aromatic carbocycles. The maximum absolute atomic E-state index is 12.5. The van der Waals surface area contributed by atoms with Gasteiger partial charge < -0.3 is 29.4 Å². The number of nitrogens with zero attached hydrogens (tertiary/aromatic N) is 1. The Morgan fingerprint density at radius 3 is 2.45 bits per heavy atom. The van der Waals surface area contributed by atoms with E-state index in [1.165, 1.54) is 0 Å². The van der Waals surface area contributed by atoms with Crippen LogP contribution in [0.5, 0.6) is 0 Å². The van der Waals surface area contributed by atoms with Crippen molar-refractivity contribution < 1.29 is 42.5 Å². The van der Waals surface area contributed by atoms with E-state index in [4.69, 9.17) is 0 Å². The minimum atomic E-state index is -4.38. The van der Waals surface area contributed by atoms with Gasteiger partial charge in [-0.25, -0.2) is 8.42 Å². The molecule has 2 fully saturated rings. The van der Waals surface area contributed by atoms with E-state index in [1.54, 1.807) is 0 Å². The largest absolute Gasteiger partial charge is 0.548 e. The number of aliphatic carboxylic acids is 2. The molecule has 0 saturated carbocycles. The molecule has 2 rings (SSSR count). The lowest BCUT2D eigenvalue weighted by atomic mass is 9.95. The molecule has 3 atom stereocenters. The fourth-order valence-corrected chi connectivity index (χ4v) is 4.99. The number of amides is 1. The number of carbonyl (C=O) groups is 4. The van der Waals surface area contributed by atoms with Crippen molar-refractivity contribution in [2.24, 2.45) is 0 Å². The molecule has 11 heteroatoms. The summed E-state index contributed by atoms with van der Waals surface area (Å²) in [5.74, 6) is -4.72. The average molecular weight is 331 g/mol. The topological polar surface area (TPSA) is 161 Å². The fraction of sp³-hybridized carbons (Fsp3) is 0.455. The molecule has 10 nitrogen and oxygen atoms in total. The highest BCUT2D eigenvalue weighted by atomic mass is 32.2. The Morgan fingerprint density at radius 2 is 2.00 bits per heavy atom. The average Bonchev–Trinajstić information content (AvgIpc) is 2.57. The molecule has 0 bridgehead atoms. The number of β-lactam (4-membered cyclic amide) rings is 1. The third-order valence-corrected chi connectivity index (χ3v) is 6.45. The van der Waals surface area contributed by atoms with Gasteiger partial charge in [0.15, 0.2) is 15.2 Å². The summed E-state index contributed by atoms with van der Waals surface area (Å²) in [6, 6.07) is -1.91. The number of carbonyl (C=O) groups excluding carboxylic acids is 4. The Kier molecular flexibility index (Phi) is 3.48. The predicted molar refractivity (Wildman–Crippen MR) is 61.9 cm³/mol. The van der Waals surface area contributed by atoms with Crippen LogP contribution in [0.1, 0.15) is 6.92 Å². The van der Waals surface area contributed by atoms with Crippen LogP contribution < -0.4 is 10.2 Å². The molecule has 0 spiro atoms. The first-order valence-corrected chi connectivity index (χ1v) is 7.39. The molecule has 2 heterocycles. The van der Waals surface area contributed by atoms with Crippen LogP contribution in [0, 0.1) is 0 Å². The van der Waals surface area contributed by atoms with Crippen LogP contribution in [0.25, 0.3) is 0 Å². The molecule has 2 aliphatic rings. The molecule has 0 aromatic rings. The first kappa shape index (κ1) is 15.9. The second-order valence-electron chi connectivity index (χ2n) is 4.97. The van der Waals surface area contributed by atoms with Crippen molar-refractivity contribution in [2.45, 2.75) is 23.1 Å². The monoisotopic (exact) mass is 331 g/mol. The normalized spacial score (nSPS) is 34.0. The van der Waals surface area contributed by atoms with Gasteiger partial charge in [0.1, 0.15) is 11.4 Å². The predicted octanol–water partition coefficient (Wildman–Crippen LogP) is -4.69. The Balaban J connectivity index is 2.59. The molecule has 2 aliphatic heterocycles. The summed E-state index contributed by atoms with van der Waals surface area (Å²) >= 11 is 0. The maximum Gasteiger partial charge on any atom is 0.293 e. The number of carboxylic acid groups (broad SMARTS) is 2. The molecule has 2 saturated heterocycles. The Labute approximate surface area is 123 Å². The summed E-state index contributed by atoms with van der Waals surface area (Å²) in [5, 5.41) is 20.1. The molecule has 0 N–H and O–H groups in total. The number of rotatable bonds is 5. The van der Waals surface area contributed by atoms with Crippen LogP contribution in [0.3, 0.4) is 0 Å². The van der Waals surface area contributed by atoms with Gasteiger partial charge in [-0.05, 0) is 13.0 Å². The second kappa shape index (κ2) is 4.80. The maximum atomic E-state index is 12.5.